The van der Waals surface area contributed by atoms with Crippen LogP contribution in [0.1, 0.15) is 34.5 Å². The van der Waals surface area contributed by atoms with Gasteiger partial charge >= 0.3 is 0 Å². The number of nitrogens with one attached hydrogen (secondary N) is 1. The zero-order valence-corrected chi connectivity index (χ0v) is 12.5. The number of carbonyl (C=O) groups is 1. The second kappa shape index (κ2) is 5.70. The van der Waals surface area contributed by atoms with Crippen LogP contribution in [0.15, 0.2) is 48.5 Å². The van der Waals surface area contributed by atoms with Crippen molar-refractivity contribution in [3.05, 3.63) is 65.2 Å². The minimum absolute atomic E-state index is 0.104. The molecule has 1 N–H and O–H groups in total. The van der Waals surface area contributed by atoms with Gasteiger partial charge in [0.2, 0.25) is 0 Å². The first-order valence-electron chi connectivity index (χ1n) is 7.38. The fourth-order valence-corrected chi connectivity index (χ4v) is 2.91. The highest BCUT2D eigenvalue weighted by molar-refractivity contribution is 6.08. The van der Waals surface area contributed by atoms with E-state index in [2.05, 4.69) is 18.3 Å². The molecule has 1 heterocycles. The van der Waals surface area contributed by atoms with E-state index in [0.717, 1.165) is 35.3 Å². The minimum Gasteiger partial charge on any atom is -0.313 e. The van der Waals surface area contributed by atoms with Gasteiger partial charge in [0.15, 0.2) is 0 Å². The molecule has 0 bridgehead atoms. The van der Waals surface area contributed by atoms with E-state index in [4.69, 9.17) is 0 Å². The van der Waals surface area contributed by atoms with E-state index in [1.165, 1.54) is 0 Å². The maximum absolute atomic E-state index is 12.8. The lowest BCUT2D eigenvalue weighted by Gasteiger charge is -2.31. The number of rotatable bonds is 3. The van der Waals surface area contributed by atoms with E-state index >= 15 is 0 Å². The maximum atomic E-state index is 12.8. The molecular weight excluding hydrogens is 260 g/mol. The van der Waals surface area contributed by atoms with Crippen LogP contribution in [-0.4, -0.2) is 19.5 Å². The largest absolute Gasteiger partial charge is 0.313 e. The molecule has 1 atom stereocenters. The van der Waals surface area contributed by atoms with Gasteiger partial charge in [-0.2, -0.15) is 0 Å². The van der Waals surface area contributed by atoms with Crippen LogP contribution in [0.3, 0.4) is 0 Å². The molecule has 0 radical (unpaired) electrons. The third kappa shape index (κ3) is 2.45. The predicted octanol–water partition coefficient (Wildman–Crippen LogP) is 3.17. The molecule has 1 aliphatic heterocycles. The molecule has 3 rings (SSSR count). The van der Waals surface area contributed by atoms with E-state index in [0.29, 0.717) is 0 Å². The SMILES string of the molecule is CNC(C)c1ccccc1N1CCc2ccccc2C1=O. The standard InChI is InChI=1S/C18H20N2O/c1-13(19-2)15-8-5-6-10-17(15)20-12-11-14-7-3-4-9-16(14)18(20)21/h3-10,13,19H,11-12H2,1-2H3. The number of carbonyl (C=O) groups excluding carboxylic acids is 1. The summed E-state index contributed by atoms with van der Waals surface area (Å²) in [6, 6.07) is 16.3. The molecule has 3 heteroatoms. The van der Waals surface area contributed by atoms with E-state index in [1.54, 1.807) is 0 Å². The molecule has 1 aliphatic rings. The second-order valence-corrected chi connectivity index (χ2v) is 5.43. The van der Waals surface area contributed by atoms with Gasteiger partial charge in [0.05, 0.1) is 0 Å². The third-order valence-corrected chi connectivity index (χ3v) is 4.22. The van der Waals surface area contributed by atoms with E-state index in [9.17, 15) is 4.79 Å². The molecular formula is C18H20N2O. The van der Waals surface area contributed by atoms with Crippen LogP contribution in [0, 0.1) is 0 Å². The van der Waals surface area contributed by atoms with Crippen LogP contribution >= 0.6 is 0 Å². The Bertz CT molecular complexity index is 666. The molecule has 0 saturated carbocycles. The predicted molar refractivity (Wildman–Crippen MR) is 85.7 cm³/mol. The number of amides is 1. The quantitative estimate of drug-likeness (QED) is 0.936. The van der Waals surface area contributed by atoms with Crippen molar-refractivity contribution in [1.29, 1.82) is 0 Å². The fourth-order valence-electron chi connectivity index (χ4n) is 2.91. The molecule has 0 fully saturated rings. The van der Waals surface area contributed by atoms with Gasteiger partial charge in [-0.15, -0.1) is 0 Å². The summed E-state index contributed by atoms with van der Waals surface area (Å²) < 4.78 is 0. The van der Waals surface area contributed by atoms with Crippen LogP contribution in [-0.2, 0) is 6.42 Å². The average Bonchev–Trinajstić information content (AvgIpc) is 2.55. The smallest absolute Gasteiger partial charge is 0.258 e. The first-order chi connectivity index (χ1) is 10.2. The van der Waals surface area contributed by atoms with Crippen LogP contribution in [0.25, 0.3) is 0 Å². The normalized spacial score (nSPS) is 15.7. The van der Waals surface area contributed by atoms with Crippen molar-refractivity contribution < 1.29 is 4.79 Å². The second-order valence-electron chi connectivity index (χ2n) is 5.43. The number of hydrogen-bond donors (Lipinski definition) is 1. The Morgan fingerprint density at radius 2 is 1.81 bits per heavy atom. The summed E-state index contributed by atoms with van der Waals surface area (Å²) >= 11 is 0. The van der Waals surface area contributed by atoms with Crippen molar-refractivity contribution >= 4 is 11.6 Å². The zero-order valence-electron chi connectivity index (χ0n) is 12.5. The van der Waals surface area contributed by atoms with E-state index in [1.807, 2.05) is 54.4 Å². The zero-order chi connectivity index (χ0) is 14.8. The molecule has 0 spiro atoms. The first kappa shape index (κ1) is 13.8. The molecule has 2 aromatic carbocycles. The Balaban J connectivity index is 2.02. The van der Waals surface area contributed by atoms with Crippen LogP contribution < -0.4 is 10.2 Å². The van der Waals surface area contributed by atoms with Crippen molar-refractivity contribution in [2.45, 2.75) is 19.4 Å². The van der Waals surface area contributed by atoms with Crippen LogP contribution in [0.5, 0.6) is 0 Å². The molecule has 21 heavy (non-hydrogen) atoms. The van der Waals surface area contributed by atoms with E-state index in [-0.39, 0.29) is 11.9 Å². The van der Waals surface area contributed by atoms with Crippen molar-refractivity contribution in [2.24, 2.45) is 0 Å². The number of para-hydroxylation sites is 1. The summed E-state index contributed by atoms with van der Waals surface area (Å²) in [5, 5.41) is 3.26. The molecule has 3 nitrogen and oxygen atoms in total. The van der Waals surface area contributed by atoms with Gasteiger partial charge in [-0.1, -0.05) is 36.4 Å². The van der Waals surface area contributed by atoms with Crippen molar-refractivity contribution in [2.75, 3.05) is 18.5 Å². The molecule has 1 amide bonds. The van der Waals surface area contributed by atoms with Gasteiger partial charge in [-0.05, 0) is 43.7 Å². The number of benzene rings is 2. The van der Waals surface area contributed by atoms with Crippen LogP contribution in [0.4, 0.5) is 5.69 Å². The van der Waals surface area contributed by atoms with E-state index < -0.39 is 0 Å². The lowest BCUT2D eigenvalue weighted by molar-refractivity contribution is 0.0980. The number of anilines is 1. The number of hydrogen-bond acceptors (Lipinski definition) is 2. The van der Waals surface area contributed by atoms with Gasteiger partial charge in [0.25, 0.3) is 5.91 Å². The van der Waals surface area contributed by atoms with Crippen molar-refractivity contribution in [3.63, 3.8) is 0 Å². The summed E-state index contributed by atoms with van der Waals surface area (Å²) in [7, 11) is 1.94. The highest BCUT2D eigenvalue weighted by Gasteiger charge is 2.27. The molecule has 0 saturated heterocycles. The molecule has 0 aromatic heterocycles. The highest BCUT2D eigenvalue weighted by Crippen LogP contribution is 2.30. The number of fused-ring (bicyclic) bond motifs is 1. The Kier molecular flexibility index (Phi) is 3.76. The average molecular weight is 280 g/mol. The topological polar surface area (TPSA) is 32.3 Å². The third-order valence-electron chi connectivity index (χ3n) is 4.22. The lowest BCUT2D eigenvalue weighted by atomic mass is 9.97. The Labute approximate surface area is 125 Å². The Morgan fingerprint density at radius 3 is 2.62 bits per heavy atom. The fraction of sp³-hybridized carbons (Fsp3) is 0.278. The molecule has 2 aromatic rings. The lowest BCUT2D eigenvalue weighted by Crippen LogP contribution is -2.38. The van der Waals surface area contributed by atoms with Gasteiger partial charge in [0.1, 0.15) is 0 Å². The minimum atomic E-state index is 0.104. The summed E-state index contributed by atoms with van der Waals surface area (Å²) in [5.41, 5.74) is 4.15. The highest BCUT2D eigenvalue weighted by atomic mass is 16.2. The Hall–Kier alpha value is -2.13. The monoisotopic (exact) mass is 280 g/mol. The van der Waals surface area contributed by atoms with Crippen molar-refractivity contribution in [1.82, 2.24) is 5.32 Å². The summed E-state index contributed by atoms with van der Waals surface area (Å²) in [6.45, 7) is 2.85. The van der Waals surface area contributed by atoms with Crippen molar-refractivity contribution in [3.8, 4) is 0 Å². The van der Waals surface area contributed by atoms with Gasteiger partial charge in [-0.3, -0.25) is 4.79 Å². The van der Waals surface area contributed by atoms with Gasteiger partial charge < -0.3 is 10.2 Å². The Morgan fingerprint density at radius 1 is 1.10 bits per heavy atom. The van der Waals surface area contributed by atoms with Crippen LogP contribution in [0.2, 0.25) is 0 Å². The molecule has 1 unspecified atom stereocenters. The molecule has 0 aliphatic carbocycles. The van der Waals surface area contributed by atoms with Gasteiger partial charge in [0, 0.05) is 23.8 Å². The summed E-state index contributed by atoms with van der Waals surface area (Å²) in [5.74, 6) is 0.104. The maximum Gasteiger partial charge on any atom is 0.258 e. The first-order valence-corrected chi connectivity index (χ1v) is 7.38. The number of nitrogens with zero attached hydrogens (tertiary/aromatic N) is 1. The summed E-state index contributed by atoms with van der Waals surface area (Å²) in [6.07, 6.45) is 0.907. The molecule has 108 valence electrons. The van der Waals surface area contributed by atoms with Gasteiger partial charge in [-0.25, -0.2) is 0 Å². The summed E-state index contributed by atoms with van der Waals surface area (Å²) in [4.78, 5) is 14.7.